The van der Waals surface area contributed by atoms with Crippen LogP contribution in [-0.4, -0.2) is 9.97 Å². The van der Waals surface area contributed by atoms with E-state index in [2.05, 4.69) is 23.0 Å². The Labute approximate surface area is 88.8 Å². The summed E-state index contributed by atoms with van der Waals surface area (Å²) in [6, 6.07) is 8.08. The molecule has 0 spiro atoms. The number of aromatic nitrogens is 2. The van der Waals surface area contributed by atoms with Crippen molar-refractivity contribution in [1.82, 2.24) is 9.97 Å². The Balaban J connectivity index is 2.39. The number of nitrogens with one attached hydrogen (secondary N) is 1. The highest BCUT2D eigenvalue weighted by Crippen LogP contribution is 2.14. The van der Waals surface area contributed by atoms with Gasteiger partial charge < -0.3 is 4.98 Å². The maximum absolute atomic E-state index is 8.61. The number of nitrogens with zero attached hydrogens (tertiary/aromatic N) is 2. The SMILES string of the molecule is CCCc1nc2ccc(CC#N)cc2[nH]1. The highest BCUT2D eigenvalue weighted by atomic mass is 14.9. The largest absolute Gasteiger partial charge is 0.342 e. The molecule has 1 aromatic carbocycles. The Bertz CT molecular complexity index is 505. The Kier molecular flexibility index (Phi) is 2.68. The first-order chi connectivity index (χ1) is 7.33. The van der Waals surface area contributed by atoms with Gasteiger partial charge in [0.15, 0.2) is 0 Å². The van der Waals surface area contributed by atoms with Crippen LogP contribution < -0.4 is 0 Å². The molecule has 0 amide bonds. The van der Waals surface area contributed by atoms with Crippen LogP contribution in [-0.2, 0) is 12.8 Å². The smallest absolute Gasteiger partial charge is 0.107 e. The molecule has 0 saturated heterocycles. The number of benzene rings is 1. The van der Waals surface area contributed by atoms with Gasteiger partial charge in [0, 0.05) is 6.42 Å². The minimum atomic E-state index is 0.456. The van der Waals surface area contributed by atoms with Crippen molar-refractivity contribution in [2.45, 2.75) is 26.2 Å². The third-order valence-corrected chi connectivity index (χ3v) is 2.37. The molecule has 76 valence electrons. The Morgan fingerprint density at radius 1 is 1.47 bits per heavy atom. The Morgan fingerprint density at radius 2 is 2.33 bits per heavy atom. The van der Waals surface area contributed by atoms with Gasteiger partial charge in [-0.15, -0.1) is 0 Å². The molecule has 3 nitrogen and oxygen atoms in total. The molecule has 0 bridgehead atoms. The molecular weight excluding hydrogens is 186 g/mol. The van der Waals surface area contributed by atoms with Crippen molar-refractivity contribution in [2.24, 2.45) is 0 Å². The lowest BCUT2D eigenvalue weighted by Gasteiger charge is -1.92. The molecule has 15 heavy (non-hydrogen) atoms. The van der Waals surface area contributed by atoms with Crippen LogP contribution in [0.2, 0.25) is 0 Å². The fourth-order valence-corrected chi connectivity index (χ4v) is 1.67. The minimum Gasteiger partial charge on any atom is -0.342 e. The van der Waals surface area contributed by atoms with Crippen molar-refractivity contribution >= 4 is 11.0 Å². The number of hydrogen-bond acceptors (Lipinski definition) is 2. The number of rotatable bonds is 3. The number of imidazole rings is 1. The van der Waals surface area contributed by atoms with Gasteiger partial charge in [0.05, 0.1) is 23.5 Å². The van der Waals surface area contributed by atoms with Crippen LogP contribution in [0.4, 0.5) is 0 Å². The Hall–Kier alpha value is -1.82. The number of aryl methyl sites for hydroxylation is 1. The highest BCUT2D eigenvalue weighted by Gasteiger charge is 2.02. The molecule has 0 aliphatic heterocycles. The summed E-state index contributed by atoms with van der Waals surface area (Å²) in [6.45, 7) is 2.13. The molecule has 1 aromatic heterocycles. The second-order valence-electron chi connectivity index (χ2n) is 3.62. The van der Waals surface area contributed by atoms with E-state index in [4.69, 9.17) is 5.26 Å². The molecule has 1 N–H and O–H groups in total. The second-order valence-corrected chi connectivity index (χ2v) is 3.62. The summed E-state index contributed by atoms with van der Waals surface area (Å²) in [5.41, 5.74) is 3.06. The molecule has 0 radical (unpaired) electrons. The summed E-state index contributed by atoms with van der Waals surface area (Å²) >= 11 is 0. The van der Waals surface area contributed by atoms with Gasteiger partial charge in [0.1, 0.15) is 5.82 Å². The summed E-state index contributed by atoms with van der Waals surface area (Å²) in [4.78, 5) is 7.74. The molecule has 1 heterocycles. The molecule has 0 aliphatic rings. The van der Waals surface area contributed by atoms with E-state index < -0.39 is 0 Å². The van der Waals surface area contributed by atoms with Gasteiger partial charge in [-0.05, 0) is 24.1 Å². The maximum Gasteiger partial charge on any atom is 0.107 e. The molecule has 0 unspecified atom stereocenters. The van der Waals surface area contributed by atoms with E-state index in [0.29, 0.717) is 6.42 Å². The molecule has 0 aliphatic carbocycles. The van der Waals surface area contributed by atoms with Gasteiger partial charge in [-0.25, -0.2) is 4.98 Å². The van der Waals surface area contributed by atoms with Gasteiger partial charge in [-0.1, -0.05) is 13.0 Å². The average molecular weight is 199 g/mol. The molecule has 0 saturated carbocycles. The summed E-state index contributed by atoms with van der Waals surface area (Å²) in [6.07, 6.45) is 2.52. The van der Waals surface area contributed by atoms with Crippen molar-refractivity contribution in [3.05, 3.63) is 29.6 Å². The zero-order valence-corrected chi connectivity index (χ0v) is 8.75. The topological polar surface area (TPSA) is 52.5 Å². The summed E-state index contributed by atoms with van der Waals surface area (Å²) < 4.78 is 0. The van der Waals surface area contributed by atoms with E-state index in [1.165, 1.54) is 0 Å². The lowest BCUT2D eigenvalue weighted by Crippen LogP contribution is -1.84. The van der Waals surface area contributed by atoms with Crippen LogP contribution in [0.15, 0.2) is 18.2 Å². The van der Waals surface area contributed by atoms with Crippen LogP contribution in [0.25, 0.3) is 11.0 Å². The third kappa shape index (κ3) is 1.99. The summed E-state index contributed by atoms with van der Waals surface area (Å²) in [5.74, 6) is 1.03. The third-order valence-electron chi connectivity index (χ3n) is 2.37. The van der Waals surface area contributed by atoms with Crippen LogP contribution in [0.1, 0.15) is 24.7 Å². The van der Waals surface area contributed by atoms with Crippen LogP contribution in [0.5, 0.6) is 0 Å². The predicted octanol–water partition coefficient (Wildman–Crippen LogP) is 2.58. The maximum atomic E-state index is 8.61. The van der Waals surface area contributed by atoms with Gasteiger partial charge in [0.25, 0.3) is 0 Å². The van der Waals surface area contributed by atoms with Crippen LogP contribution in [0.3, 0.4) is 0 Å². The number of aromatic amines is 1. The average Bonchev–Trinajstić information content (AvgIpc) is 2.60. The quantitative estimate of drug-likeness (QED) is 0.826. The minimum absolute atomic E-state index is 0.456. The molecule has 0 atom stereocenters. The summed E-state index contributed by atoms with van der Waals surface area (Å²) in [7, 11) is 0. The lowest BCUT2D eigenvalue weighted by molar-refractivity contribution is 0.861. The van der Waals surface area contributed by atoms with Crippen molar-refractivity contribution < 1.29 is 0 Å². The second kappa shape index (κ2) is 4.14. The van der Waals surface area contributed by atoms with Gasteiger partial charge in [-0.2, -0.15) is 5.26 Å². The molecular formula is C12H13N3. The van der Waals surface area contributed by atoms with Crippen molar-refractivity contribution in [3.63, 3.8) is 0 Å². The zero-order valence-electron chi connectivity index (χ0n) is 8.75. The van der Waals surface area contributed by atoms with Crippen LogP contribution in [0, 0.1) is 11.3 Å². The molecule has 0 fully saturated rings. The fraction of sp³-hybridized carbons (Fsp3) is 0.333. The number of fused-ring (bicyclic) bond motifs is 1. The Morgan fingerprint density at radius 3 is 3.07 bits per heavy atom. The van der Waals surface area contributed by atoms with Crippen molar-refractivity contribution in [2.75, 3.05) is 0 Å². The first-order valence-electron chi connectivity index (χ1n) is 5.18. The first kappa shape index (κ1) is 9.72. The highest BCUT2D eigenvalue weighted by molar-refractivity contribution is 5.75. The van der Waals surface area contributed by atoms with E-state index in [1.807, 2.05) is 18.2 Å². The standard InChI is InChI=1S/C12H13N3/c1-2-3-12-14-10-5-4-9(6-7-13)8-11(10)15-12/h4-5,8H,2-3,6H2,1H3,(H,14,15). The first-order valence-corrected chi connectivity index (χ1v) is 5.18. The zero-order chi connectivity index (χ0) is 10.7. The van der Waals surface area contributed by atoms with E-state index in [-0.39, 0.29) is 0 Å². The van der Waals surface area contributed by atoms with Crippen molar-refractivity contribution in [1.29, 1.82) is 5.26 Å². The van der Waals surface area contributed by atoms with E-state index in [9.17, 15) is 0 Å². The fourth-order valence-electron chi connectivity index (χ4n) is 1.67. The number of H-pyrrole nitrogens is 1. The van der Waals surface area contributed by atoms with E-state index >= 15 is 0 Å². The van der Waals surface area contributed by atoms with Gasteiger partial charge in [0.2, 0.25) is 0 Å². The number of nitriles is 1. The van der Waals surface area contributed by atoms with Gasteiger partial charge in [-0.3, -0.25) is 0 Å². The van der Waals surface area contributed by atoms with E-state index in [0.717, 1.165) is 35.3 Å². The van der Waals surface area contributed by atoms with Gasteiger partial charge >= 0.3 is 0 Å². The molecule has 2 aromatic rings. The van der Waals surface area contributed by atoms with Crippen molar-refractivity contribution in [3.8, 4) is 6.07 Å². The number of hydrogen-bond donors (Lipinski definition) is 1. The molecule has 3 heteroatoms. The normalized spacial score (nSPS) is 10.4. The van der Waals surface area contributed by atoms with E-state index in [1.54, 1.807) is 0 Å². The predicted molar refractivity (Wildman–Crippen MR) is 59.4 cm³/mol. The lowest BCUT2D eigenvalue weighted by atomic mass is 10.1. The summed E-state index contributed by atoms with van der Waals surface area (Å²) in [5, 5.41) is 8.61. The molecule has 2 rings (SSSR count). The monoisotopic (exact) mass is 199 g/mol. The van der Waals surface area contributed by atoms with Crippen LogP contribution >= 0.6 is 0 Å².